The minimum Gasteiger partial charge on any atom is -0.480 e. The van der Waals surface area contributed by atoms with E-state index in [1.165, 1.54) is 36.2 Å². The molecule has 2 saturated carbocycles. The summed E-state index contributed by atoms with van der Waals surface area (Å²) in [4.78, 5) is 28.8. The van der Waals surface area contributed by atoms with Crippen molar-refractivity contribution in [1.29, 1.82) is 0 Å². The molecular formula is C29H38N4O3. The van der Waals surface area contributed by atoms with Crippen LogP contribution in [0.4, 0.5) is 0 Å². The molecule has 0 bridgehead atoms. The normalized spacial score (nSPS) is 22.9. The van der Waals surface area contributed by atoms with Gasteiger partial charge in [-0.2, -0.15) is 0 Å². The van der Waals surface area contributed by atoms with Gasteiger partial charge in [-0.3, -0.25) is 14.7 Å². The number of ether oxygens (including phenoxy) is 1. The molecule has 36 heavy (non-hydrogen) atoms. The zero-order valence-electron chi connectivity index (χ0n) is 21.2. The number of hydrogen-bond donors (Lipinski definition) is 1. The predicted molar refractivity (Wildman–Crippen MR) is 136 cm³/mol. The number of hydrogen-bond acceptors (Lipinski definition) is 6. The molecule has 7 heteroatoms. The van der Waals surface area contributed by atoms with Crippen LogP contribution in [-0.2, 0) is 28.8 Å². The summed E-state index contributed by atoms with van der Waals surface area (Å²) in [5, 5.41) is 10.2. The third-order valence-electron chi connectivity index (χ3n) is 8.26. The van der Waals surface area contributed by atoms with Crippen molar-refractivity contribution >= 4 is 5.97 Å². The minimum atomic E-state index is -0.808. The summed E-state index contributed by atoms with van der Waals surface area (Å²) >= 11 is 0. The molecule has 0 aromatic carbocycles. The van der Waals surface area contributed by atoms with E-state index < -0.39 is 12.0 Å². The number of fused-ring (bicyclic) bond motifs is 1. The molecule has 0 amide bonds. The molecule has 6 rings (SSSR count). The van der Waals surface area contributed by atoms with Crippen LogP contribution in [0.2, 0.25) is 0 Å². The van der Waals surface area contributed by atoms with Crippen molar-refractivity contribution in [2.75, 3.05) is 19.7 Å². The Morgan fingerprint density at radius 3 is 2.69 bits per heavy atom. The van der Waals surface area contributed by atoms with Gasteiger partial charge in [0.05, 0.1) is 11.8 Å². The van der Waals surface area contributed by atoms with Crippen LogP contribution >= 0.6 is 0 Å². The average Bonchev–Trinajstić information content (AvgIpc) is 3.82. The Labute approximate surface area is 213 Å². The highest BCUT2D eigenvalue weighted by molar-refractivity contribution is 5.76. The molecule has 1 N–H and O–H groups in total. The van der Waals surface area contributed by atoms with Gasteiger partial charge in [0.2, 0.25) is 0 Å². The lowest BCUT2D eigenvalue weighted by molar-refractivity contribution is -0.143. The van der Waals surface area contributed by atoms with Crippen molar-refractivity contribution in [2.45, 2.75) is 101 Å². The Morgan fingerprint density at radius 2 is 1.89 bits per heavy atom. The van der Waals surface area contributed by atoms with Gasteiger partial charge in [-0.1, -0.05) is 6.07 Å². The number of carboxylic acid groups (broad SMARTS) is 1. The number of rotatable bonds is 11. The van der Waals surface area contributed by atoms with E-state index in [1.807, 2.05) is 6.20 Å². The van der Waals surface area contributed by atoms with Gasteiger partial charge in [0, 0.05) is 54.7 Å². The first-order valence-electron chi connectivity index (χ1n) is 14.1. The summed E-state index contributed by atoms with van der Waals surface area (Å²) in [6.07, 6.45) is 15.2. The average molecular weight is 491 g/mol. The van der Waals surface area contributed by atoms with Crippen LogP contribution in [0.1, 0.15) is 110 Å². The van der Waals surface area contributed by atoms with Crippen LogP contribution in [0.25, 0.3) is 0 Å². The van der Waals surface area contributed by atoms with Crippen LogP contribution in [0.15, 0.2) is 18.3 Å². The number of carboxylic acids is 1. The van der Waals surface area contributed by atoms with Crippen LogP contribution in [-0.4, -0.2) is 56.7 Å². The molecule has 2 atom stereocenters. The van der Waals surface area contributed by atoms with Crippen molar-refractivity contribution in [2.24, 2.45) is 0 Å². The SMILES string of the molecule is O=C(O)C(c1cnc(C2CC2)nc1C1CC1)N1CC[C@@H](OCCCCc2ccc3c(n2)CCCC3)C1. The lowest BCUT2D eigenvalue weighted by Crippen LogP contribution is -2.34. The molecule has 2 aromatic heterocycles. The first-order chi connectivity index (χ1) is 17.7. The van der Waals surface area contributed by atoms with E-state index in [2.05, 4.69) is 22.0 Å². The molecule has 3 heterocycles. The topological polar surface area (TPSA) is 88.4 Å². The first-order valence-corrected chi connectivity index (χ1v) is 14.1. The first kappa shape index (κ1) is 24.0. The summed E-state index contributed by atoms with van der Waals surface area (Å²) in [5.74, 6) is 0.991. The van der Waals surface area contributed by atoms with Gasteiger partial charge < -0.3 is 9.84 Å². The maximum atomic E-state index is 12.4. The van der Waals surface area contributed by atoms with E-state index in [0.29, 0.717) is 25.0 Å². The highest BCUT2D eigenvalue weighted by Crippen LogP contribution is 2.45. The largest absolute Gasteiger partial charge is 0.480 e. The molecule has 7 nitrogen and oxygen atoms in total. The van der Waals surface area contributed by atoms with Gasteiger partial charge in [-0.05, 0) is 88.7 Å². The van der Waals surface area contributed by atoms with E-state index in [0.717, 1.165) is 81.4 Å². The number of aromatic nitrogens is 3. The minimum absolute atomic E-state index is 0.0877. The molecule has 4 aliphatic rings. The summed E-state index contributed by atoms with van der Waals surface area (Å²) in [7, 11) is 0. The number of aliphatic carboxylic acids is 1. The Morgan fingerprint density at radius 1 is 1.06 bits per heavy atom. The summed E-state index contributed by atoms with van der Waals surface area (Å²) in [6, 6.07) is 3.79. The Bertz CT molecular complexity index is 1100. The smallest absolute Gasteiger partial charge is 0.325 e. The number of likely N-dealkylation sites (tertiary alicyclic amines) is 1. The Hall–Kier alpha value is -2.38. The van der Waals surface area contributed by atoms with Crippen molar-refractivity contribution in [3.05, 3.63) is 52.4 Å². The summed E-state index contributed by atoms with van der Waals surface area (Å²) in [6.45, 7) is 2.10. The van der Waals surface area contributed by atoms with Crippen LogP contribution in [0.3, 0.4) is 0 Å². The van der Waals surface area contributed by atoms with E-state index in [-0.39, 0.29) is 6.10 Å². The fraction of sp³-hybridized carbons (Fsp3) is 0.655. The fourth-order valence-electron chi connectivity index (χ4n) is 5.89. The third kappa shape index (κ3) is 5.47. The van der Waals surface area contributed by atoms with Gasteiger partial charge in [-0.15, -0.1) is 0 Å². The lowest BCUT2D eigenvalue weighted by Gasteiger charge is -2.26. The molecule has 1 saturated heterocycles. The quantitative estimate of drug-likeness (QED) is 0.455. The molecule has 1 unspecified atom stereocenters. The van der Waals surface area contributed by atoms with Crippen molar-refractivity contribution in [1.82, 2.24) is 19.9 Å². The van der Waals surface area contributed by atoms with Gasteiger partial charge >= 0.3 is 5.97 Å². The number of nitrogens with zero attached hydrogens (tertiary/aromatic N) is 4. The van der Waals surface area contributed by atoms with Crippen LogP contribution in [0.5, 0.6) is 0 Å². The van der Waals surface area contributed by atoms with Gasteiger partial charge in [0.15, 0.2) is 0 Å². The molecule has 0 radical (unpaired) electrons. The Kier molecular flexibility index (Phi) is 7.02. The third-order valence-corrected chi connectivity index (χ3v) is 8.26. The monoisotopic (exact) mass is 490 g/mol. The summed E-state index contributed by atoms with van der Waals surface area (Å²) in [5.41, 5.74) is 5.74. The van der Waals surface area contributed by atoms with Gasteiger partial charge in [0.1, 0.15) is 11.9 Å². The van der Waals surface area contributed by atoms with Gasteiger partial charge in [0.25, 0.3) is 0 Å². The van der Waals surface area contributed by atoms with Gasteiger partial charge in [-0.25, -0.2) is 9.97 Å². The maximum Gasteiger partial charge on any atom is 0.325 e. The van der Waals surface area contributed by atoms with Crippen molar-refractivity contribution in [3.63, 3.8) is 0 Å². The highest BCUT2D eigenvalue weighted by atomic mass is 16.5. The van der Waals surface area contributed by atoms with Crippen LogP contribution < -0.4 is 0 Å². The molecule has 3 fully saturated rings. The predicted octanol–water partition coefficient (Wildman–Crippen LogP) is 4.74. The number of carbonyl (C=O) groups is 1. The number of aryl methyl sites for hydroxylation is 3. The second-order valence-corrected chi connectivity index (χ2v) is 11.2. The molecule has 0 spiro atoms. The lowest BCUT2D eigenvalue weighted by atomic mass is 9.95. The number of unbranched alkanes of at least 4 members (excludes halogenated alkanes) is 1. The maximum absolute atomic E-state index is 12.4. The Balaban J connectivity index is 1.00. The summed E-state index contributed by atoms with van der Waals surface area (Å²) < 4.78 is 6.19. The standard InChI is InChI=1S/C29H38N4O3/c34-29(35)27(24-17-30-28(21-10-11-21)32-26(24)20-8-9-20)33-15-14-23(18-33)36-16-4-3-6-22-13-12-19-5-1-2-7-25(19)31-22/h12-13,17,20-21,23,27H,1-11,14-16,18H2,(H,34,35)/t23-,27?/m1/s1. The fourth-order valence-corrected chi connectivity index (χ4v) is 5.89. The van der Waals surface area contributed by atoms with Crippen molar-refractivity contribution in [3.8, 4) is 0 Å². The van der Waals surface area contributed by atoms with E-state index in [4.69, 9.17) is 14.7 Å². The van der Waals surface area contributed by atoms with Crippen LogP contribution in [0, 0.1) is 0 Å². The molecule has 2 aromatic rings. The zero-order valence-corrected chi connectivity index (χ0v) is 21.2. The molecule has 3 aliphatic carbocycles. The van der Waals surface area contributed by atoms with E-state index in [9.17, 15) is 9.90 Å². The second kappa shape index (κ2) is 10.5. The molecule has 192 valence electrons. The highest BCUT2D eigenvalue weighted by Gasteiger charge is 2.40. The second-order valence-electron chi connectivity index (χ2n) is 11.2. The number of pyridine rings is 1. The molecule has 1 aliphatic heterocycles. The zero-order chi connectivity index (χ0) is 24.5. The van der Waals surface area contributed by atoms with E-state index >= 15 is 0 Å². The van der Waals surface area contributed by atoms with E-state index in [1.54, 1.807) is 0 Å². The van der Waals surface area contributed by atoms with Crippen molar-refractivity contribution < 1.29 is 14.6 Å². The molecular weight excluding hydrogens is 452 g/mol.